The number of carbonyl (C=O) groups is 1. The number of allylic oxidation sites excluding steroid dienone is 2. The van der Waals surface area contributed by atoms with Crippen molar-refractivity contribution in [1.29, 1.82) is 0 Å². The predicted octanol–water partition coefficient (Wildman–Crippen LogP) is 1.84. The van der Waals surface area contributed by atoms with Gasteiger partial charge in [0.2, 0.25) is 5.91 Å². The van der Waals surface area contributed by atoms with Gasteiger partial charge >= 0.3 is 0 Å². The summed E-state index contributed by atoms with van der Waals surface area (Å²) in [5, 5.41) is 11.7. The topological polar surface area (TPSA) is 81.5 Å². The summed E-state index contributed by atoms with van der Waals surface area (Å²) in [7, 11) is 0. The Hall–Kier alpha value is -1.59. The van der Waals surface area contributed by atoms with Crippen LogP contribution in [0.15, 0.2) is 12.2 Å². The van der Waals surface area contributed by atoms with Crippen molar-refractivity contribution in [2.45, 2.75) is 45.6 Å². The first kappa shape index (κ1) is 15.4. The van der Waals surface area contributed by atoms with Crippen molar-refractivity contribution in [2.24, 2.45) is 0 Å². The van der Waals surface area contributed by atoms with Crippen LogP contribution in [0, 0.1) is 10.1 Å². The molecule has 0 aliphatic carbocycles. The number of rotatable bonds is 9. The molecule has 0 fully saturated rings. The summed E-state index contributed by atoms with van der Waals surface area (Å²) in [6.07, 6.45) is 6.58. The van der Waals surface area contributed by atoms with Crippen LogP contribution in [0.2, 0.25) is 0 Å². The molecule has 0 saturated heterocycles. The van der Waals surface area contributed by atoms with E-state index in [0.717, 1.165) is 19.3 Å². The summed E-state index contributed by atoms with van der Waals surface area (Å²) < 4.78 is 0. The molecule has 0 radical (unpaired) electrons. The van der Waals surface area contributed by atoms with E-state index in [1.165, 1.54) is 6.92 Å². The zero-order valence-electron chi connectivity index (χ0n) is 10.3. The number of amides is 1. The van der Waals surface area contributed by atoms with Crippen LogP contribution >= 0.6 is 0 Å². The van der Waals surface area contributed by atoms with E-state index in [-0.39, 0.29) is 12.5 Å². The average molecular weight is 244 g/mol. The van der Waals surface area contributed by atoms with Gasteiger partial charge in [-0.05, 0) is 26.2 Å². The molecule has 1 atom stereocenters. The Morgan fingerprint density at radius 2 is 2.24 bits per heavy atom. The Bertz CT molecular complexity index is 266. The smallest absolute Gasteiger partial charge is 0.294 e. The van der Waals surface area contributed by atoms with E-state index in [4.69, 9.17) is 0 Å². The van der Waals surface area contributed by atoms with Gasteiger partial charge in [-0.25, -0.2) is 0 Å². The fourth-order valence-electron chi connectivity index (χ4n) is 1.20. The normalized spacial score (nSPS) is 12.4. The fourth-order valence-corrected chi connectivity index (χ4v) is 1.20. The van der Waals surface area contributed by atoms with Crippen LogP contribution < -0.4 is 5.32 Å². The average Bonchev–Trinajstić information content (AvgIpc) is 2.25. The van der Waals surface area contributed by atoms with Crippen molar-refractivity contribution in [2.75, 3.05) is 6.54 Å². The van der Waals surface area contributed by atoms with Crippen molar-refractivity contribution >= 4 is 5.91 Å². The second kappa shape index (κ2) is 9.62. The number of carbonyl (C=O) groups excluding carboxylic acids is 1. The maximum absolute atomic E-state index is 11.3. The molecule has 0 heterocycles. The molecule has 1 N–H and O–H groups in total. The highest BCUT2D eigenvalue weighted by Gasteiger charge is 2.08. The Morgan fingerprint density at radius 3 is 2.82 bits per heavy atom. The Kier molecular flexibility index (Phi) is 8.72. The molecule has 0 aliphatic rings. The van der Waals surface area contributed by atoms with Crippen LogP contribution in [0.4, 0.5) is 0 Å². The van der Waals surface area contributed by atoms with Crippen LogP contribution in [0.3, 0.4) is 0 Å². The van der Waals surface area contributed by atoms with E-state index in [1.807, 2.05) is 6.08 Å². The van der Waals surface area contributed by atoms with Crippen LogP contribution in [-0.2, 0) is 9.63 Å². The molecule has 0 spiro atoms. The van der Waals surface area contributed by atoms with Crippen LogP contribution in [0.1, 0.15) is 39.5 Å². The molecule has 98 valence electrons. The van der Waals surface area contributed by atoms with Gasteiger partial charge in [-0.2, -0.15) is 0 Å². The number of nitrogens with zero attached hydrogens (tertiary/aromatic N) is 1. The molecular formula is C11H20N2O4. The fraction of sp³-hybridized carbons (Fsp3) is 0.727. The summed E-state index contributed by atoms with van der Waals surface area (Å²) in [5.74, 6) is -0.103. The molecule has 0 aromatic carbocycles. The van der Waals surface area contributed by atoms with Gasteiger partial charge in [0.25, 0.3) is 5.09 Å². The van der Waals surface area contributed by atoms with E-state index >= 15 is 0 Å². The second-order valence-electron chi connectivity index (χ2n) is 3.72. The molecule has 0 bridgehead atoms. The van der Waals surface area contributed by atoms with E-state index in [9.17, 15) is 14.9 Å². The van der Waals surface area contributed by atoms with Crippen LogP contribution in [0.5, 0.6) is 0 Å². The highest BCUT2D eigenvalue weighted by atomic mass is 17.0. The number of unbranched alkanes of at least 4 members (excludes halogenated alkanes) is 1. The third kappa shape index (κ3) is 10.7. The lowest BCUT2D eigenvalue weighted by atomic mass is 10.2. The highest BCUT2D eigenvalue weighted by Crippen LogP contribution is 1.98. The second-order valence-corrected chi connectivity index (χ2v) is 3.72. The van der Waals surface area contributed by atoms with Gasteiger partial charge in [0.1, 0.15) is 6.10 Å². The largest absolute Gasteiger partial charge is 0.354 e. The van der Waals surface area contributed by atoms with E-state index < -0.39 is 11.2 Å². The summed E-state index contributed by atoms with van der Waals surface area (Å²) >= 11 is 0. The van der Waals surface area contributed by atoms with E-state index in [2.05, 4.69) is 23.2 Å². The summed E-state index contributed by atoms with van der Waals surface area (Å²) in [5.41, 5.74) is 0. The Balaban J connectivity index is 3.52. The maximum atomic E-state index is 11.3. The molecule has 0 rings (SSSR count). The first-order valence-electron chi connectivity index (χ1n) is 5.79. The lowest BCUT2D eigenvalue weighted by Crippen LogP contribution is -2.32. The Labute approximate surface area is 101 Å². The molecule has 17 heavy (non-hydrogen) atoms. The summed E-state index contributed by atoms with van der Waals surface area (Å²) in [4.78, 5) is 25.5. The zero-order chi connectivity index (χ0) is 13.1. The minimum atomic E-state index is -0.855. The van der Waals surface area contributed by atoms with Crippen molar-refractivity contribution in [3.8, 4) is 0 Å². The predicted molar refractivity (Wildman–Crippen MR) is 63.8 cm³/mol. The van der Waals surface area contributed by atoms with Crippen molar-refractivity contribution in [3.05, 3.63) is 22.3 Å². The first-order chi connectivity index (χ1) is 8.06. The minimum absolute atomic E-state index is 0.103. The molecule has 0 aromatic rings. The van der Waals surface area contributed by atoms with E-state index in [0.29, 0.717) is 6.42 Å². The molecular weight excluding hydrogens is 224 g/mol. The summed E-state index contributed by atoms with van der Waals surface area (Å²) in [6, 6.07) is 0. The lowest BCUT2D eigenvalue weighted by molar-refractivity contribution is -0.767. The monoisotopic (exact) mass is 244 g/mol. The maximum Gasteiger partial charge on any atom is 0.294 e. The van der Waals surface area contributed by atoms with Crippen LogP contribution in [-0.4, -0.2) is 23.6 Å². The minimum Gasteiger partial charge on any atom is -0.354 e. The number of hydrogen-bond acceptors (Lipinski definition) is 4. The molecule has 1 unspecified atom stereocenters. The molecule has 0 aliphatic heterocycles. The van der Waals surface area contributed by atoms with Gasteiger partial charge in [-0.3, -0.25) is 4.79 Å². The van der Waals surface area contributed by atoms with Gasteiger partial charge in [0.05, 0.1) is 0 Å². The van der Waals surface area contributed by atoms with Gasteiger partial charge in [-0.15, -0.1) is 10.1 Å². The third-order valence-electron chi connectivity index (χ3n) is 2.03. The molecule has 1 amide bonds. The highest BCUT2D eigenvalue weighted by molar-refractivity contribution is 5.75. The van der Waals surface area contributed by atoms with E-state index in [1.54, 1.807) is 0 Å². The summed E-state index contributed by atoms with van der Waals surface area (Å²) in [6.45, 7) is 3.75. The zero-order valence-corrected chi connectivity index (χ0v) is 10.3. The van der Waals surface area contributed by atoms with Gasteiger partial charge in [0, 0.05) is 13.0 Å². The van der Waals surface area contributed by atoms with Crippen molar-refractivity contribution < 1.29 is 14.7 Å². The standard InChI is InChI=1S/C11H20N2O4/c1-3-4-5-6-7-8-11(14)12-9-10(2)17-13(15)16/h4-5,10H,3,6-9H2,1-2H3,(H,12,14)/b5-4-. The van der Waals surface area contributed by atoms with Gasteiger partial charge in [-0.1, -0.05) is 19.1 Å². The molecule has 6 nitrogen and oxygen atoms in total. The van der Waals surface area contributed by atoms with Gasteiger partial charge in [0.15, 0.2) is 0 Å². The van der Waals surface area contributed by atoms with Crippen LogP contribution in [0.25, 0.3) is 0 Å². The van der Waals surface area contributed by atoms with Crippen molar-refractivity contribution in [3.63, 3.8) is 0 Å². The molecule has 0 aromatic heterocycles. The van der Waals surface area contributed by atoms with Gasteiger partial charge < -0.3 is 10.2 Å². The SMILES string of the molecule is CC/C=C\CCCC(=O)NCC(C)O[N+](=O)[O-]. The number of hydrogen-bond donors (Lipinski definition) is 1. The molecule has 0 saturated carbocycles. The number of nitrogens with one attached hydrogen (secondary N) is 1. The first-order valence-corrected chi connectivity index (χ1v) is 5.79. The van der Waals surface area contributed by atoms with Crippen molar-refractivity contribution in [1.82, 2.24) is 5.32 Å². The lowest BCUT2D eigenvalue weighted by Gasteiger charge is -2.10. The molecule has 6 heteroatoms. The third-order valence-corrected chi connectivity index (χ3v) is 2.03. The quantitative estimate of drug-likeness (QED) is 0.290. The Morgan fingerprint density at radius 1 is 1.53 bits per heavy atom.